The molecule has 0 fully saturated rings. The van der Waals surface area contributed by atoms with Gasteiger partial charge >= 0.3 is 0 Å². The van der Waals surface area contributed by atoms with Crippen molar-refractivity contribution >= 4 is 46.3 Å². The summed E-state index contributed by atoms with van der Waals surface area (Å²) in [5, 5.41) is 1.04. The molecule has 0 unspecified atom stereocenters. The molecule has 194 valence electrons. The fourth-order valence-corrected chi connectivity index (χ4v) is 5.20. The number of methoxy groups -OCH3 is 3. The topological polar surface area (TPSA) is 76.2 Å². The number of benzene rings is 3. The number of carbonyl (C=O) groups is 1. The number of aromatic amines is 1. The van der Waals surface area contributed by atoms with Gasteiger partial charge in [-0.3, -0.25) is 4.79 Å². The van der Waals surface area contributed by atoms with Gasteiger partial charge in [-0.05, 0) is 60.2 Å². The summed E-state index contributed by atoms with van der Waals surface area (Å²) in [5.41, 5.74) is 2.81. The Morgan fingerprint density at radius 1 is 0.947 bits per heavy atom. The first-order chi connectivity index (χ1) is 18.6. The minimum absolute atomic E-state index is 0.232. The van der Waals surface area contributed by atoms with Gasteiger partial charge in [0, 0.05) is 21.4 Å². The Morgan fingerprint density at radius 2 is 1.68 bits per heavy atom. The van der Waals surface area contributed by atoms with E-state index in [0.717, 1.165) is 28.6 Å². The molecule has 0 saturated carbocycles. The first-order valence-corrected chi connectivity index (χ1v) is 13.3. The summed E-state index contributed by atoms with van der Waals surface area (Å²) >= 11 is 1.83. The van der Waals surface area contributed by atoms with Crippen molar-refractivity contribution in [2.24, 2.45) is 4.99 Å². The smallest absolute Gasteiger partial charge is 0.283 e. The van der Waals surface area contributed by atoms with Gasteiger partial charge in [-0.2, -0.15) is 0 Å². The number of ether oxygens (including phenoxy) is 3. The summed E-state index contributed by atoms with van der Waals surface area (Å²) < 4.78 is 16.4. The number of nitrogens with zero attached hydrogens (tertiary/aromatic N) is 2. The number of hydrogen-bond acceptors (Lipinski definition) is 6. The second-order valence-corrected chi connectivity index (χ2v) is 9.85. The van der Waals surface area contributed by atoms with Crippen molar-refractivity contribution in [1.82, 2.24) is 4.98 Å². The second kappa shape index (κ2) is 11.1. The maximum atomic E-state index is 13.8. The molecule has 3 aromatic carbocycles. The molecule has 0 saturated heterocycles. The largest absolute Gasteiger partial charge is 0.493 e. The molecular formula is C30H29N3O4S. The maximum Gasteiger partial charge on any atom is 0.283 e. The van der Waals surface area contributed by atoms with Gasteiger partial charge in [-0.25, -0.2) is 9.89 Å². The first-order valence-electron chi connectivity index (χ1n) is 12.3. The molecule has 0 radical (unpaired) electrons. The highest BCUT2D eigenvalue weighted by Crippen LogP contribution is 2.39. The van der Waals surface area contributed by atoms with Crippen molar-refractivity contribution in [1.29, 1.82) is 0 Å². The number of hydrogen-bond donors (Lipinski definition) is 1. The molecule has 1 aliphatic heterocycles. The number of H-pyrrole nitrogens is 1. The highest BCUT2D eigenvalue weighted by atomic mass is 32.2. The van der Waals surface area contributed by atoms with E-state index in [1.807, 2.05) is 48.2 Å². The summed E-state index contributed by atoms with van der Waals surface area (Å²) in [7, 11) is 4.67. The van der Waals surface area contributed by atoms with Crippen LogP contribution in [0.3, 0.4) is 0 Å². The molecule has 0 spiro atoms. The molecule has 0 atom stereocenters. The molecule has 7 nitrogen and oxygen atoms in total. The van der Waals surface area contributed by atoms with Crippen LogP contribution in [0, 0.1) is 0 Å². The van der Waals surface area contributed by atoms with E-state index in [9.17, 15) is 4.79 Å². The van der Waals surface area contributed by atoms with E-state index >= 15 is 0 Å². The van der Waals surface area contributed by atoms with Crippen molar-refractivity contribution in [3.63, 3.8) is 0 Å². The second-order valence-electron chi connectivity index (χ2n) is 8.68. The van der Waals surface area contributed by atoms with Crippen LogP contribution in [0.15, 0.2) is 82.3 Å². The number of rotatable bonds is 9. The molecule has 1 aliphatic rings. The van der Waals surface area contributed by atoms with Gasteiger partial charge < -0.3 is 19.2 Å². The molecule has 8 heteroatoms. The predicted octanol–water partition coefficient (Wildman–Crippen LogP) is 6.53. The van der Waals surface area contributed by atoms with Crippen LogP contribution in [-0.2, 0) is 4.79 Å². The van der Waals surface area contributed by atoms with E-state index in [2.05, 4.69) is 30.1 Å². The fraction of sp³-hybridized carbons (Fsp3) is 0.200. The quantitative estimate of drug-likeness (QED) is 0.198. The number of aliphatic imine (C=N–C) groups is 1. The number of thioether (sulfide) groups is 1. The van der Waals surface area contributed by atoms with Gasteiger partial charge in [0.15, 0.2) is 11.5 Å². The summed E-state index contributed by atoms with van der Waals surface area (Å²) in [4.78, 5) is 24.9. The zero-order valence-corrected chi connectivity index (χ0v) is 22.6. The number of amides is 1. The Balaban J connectivity index is 1.59. The van der Waals surface area contributed by atoms with Crippen LogP contribution in [0.1, 0.15) is 24.5 Å². The number of fused-ring (bicyclic) bond motifs is 1. The number of carbonyl (C=O) groups excluding carboxylic acids is 1. The molecule has 1 N–H and O–H groups in total. The lowest BCUT2D eigenvalue weighted by Gasteiger charge is -2.16. The van der Waals surface area contributed by atoms with Crippen LogP contribution >= 0.6 is 11.8 Å². The van der Waals surface area contributed by atoms with Crippen molar-refractivity contribution < 1.29 is 19.0 Å². The monoisotopic (exact) mass is 527 g/mol. The normalized spacial score (nSPS) is 14.3. The van der Waals surface area contributed by atoms with Gasteiger partial charge in [-0.15, -0.1) is 11.8 Å². The number of nitrogens with one attached hydrogen (secondary N) is 1. The Morgan fingerprint density at radius 3 is 2.34 bits per heavy atom. The third-order valence-electron chi connectivity index (χ3n) is 6.17. The molecule has 2 heterocycles. The maximum absolute atomic E-state index is 13.8. The van der Waals surface area contributed by atoms with Crippen molar-refractivity contribution in [3.8, 4) is 17.2 Å². The van der Waals surface area contributed by atoms with E-state index in [0.29, 0.717) is 40.2 Å². The average molecular weight is 528 g/mol. The average Bonchev–Trinajstić information content (AvgIpc) is 3.51. The number of amidine groups is 1. The fourth-order valence-electron chi connectivity index (χ4n) is 4.39. The zero-order valence-electron chi connectivity index (χ0n) is 21.8. The summed E-state index contributed by atoms with van der Waals surface area (Å²) in [6.07, 6.45) is 2.85. The van der Waals surface area contributed by atoms with Gasteiger partial charge in [0.2, 0.25) is 5.75 Å². The Kier molecular flexibility index (Phi) is 7.42. The molecule has 0 aliphatic carbocycles. The summed E-state index contributed by atoms with van der Waals surface area (Å²) in [6, 6.07) is 21.6. The lowest BCUT2D eigenvalue weighted by molar-refractivity contribution is -0.113. The van der Waals surface area contributed by atoms with Gasteiger partial charge in [0.05, 0.1) is 21.3 Å². The van der Waals surface area contributed by atoms with Crippen LogP contribution in [0.4, 0.5) is 5.82 Å². The first kappa shape index (κ1) is 25.5. The molecule has 5 rings (SSSR count). The summed E-state index contributed by atoms with van der Waals surface area (Å²) in [5.74, 6) is 3.54. The minimum atomic E-state index is -0.232. The third kappa shape index (κ3) is 4.87. The van der Waals surface area contributed by atoms with Gasteiger partial charge in [0.25, 0.3) is 5.91 Å². The van der Waals surface area contributed by atoms with E-state index in [1.165, 1.54) is 4.90 Å². The van der Waals surface area contributed by atoms with Crippen LogP contribution in [0.2, 0.25) is 0 Å². The highest BCUT2D eigenvalue weighted by Gasteiger charge is 2.33. The van der Waals surface area contributed by atoms with Gasteiger partial charge in [0.1, 0.15) is 17.4 Å². The summed E-state index contributed by atoms with van der Waals surface area (Å²) in [6.45, 7) is 2.17. The number of anilines is 1. The lowest BCUT2D eigenvalue weighted by Crippen LogP contribution is -2.32. The third-order valence-corrected chi connectivity index (χ3v) is 7.37. The minimum Gasteiger partial charge on any atom is -0.493 e. The molecule has 0 bridgehead atoms. The van der Waals surface area contributed by atoms with Crippen LogP contribution in [-0.4, -0.2) is 43.8 Å². The molecular weight excluding hydrogens is 498 g/mol. The molecule has 38 heavy (non-hydrogen) atoms. The molecule has 1 amide bonds. The van der Waals surface area contributed by atoms with Crippen molar-refractivity contribution in [3.05, 3.63) is 83.6 Å². The van der Waals surface area contributed by atoms with Gasteiger partial charge in [-0.1, -0.05) is 37.3 Å². The van der Waals surface area contributed by atoms with E-state index in [4.69, 9.17) is 19.2 Å². The highest BCUT2D eigenvalue weighted by molar-refractivity contribution is 7.99. The van der Waals surface area contributed by atoms with E-state index in [-0.39, 0.29) is 5.91 Å². The lowest BCUT2D eigenvalue weighted by atomic mass is 10.1. The molecule has 1 aromatic heterocycles. The Labute approximate surface area is 226 Å². The van der Waals surface area contributed by atoms with E-state index in [1.54, 1.807) is 44.4 Å². The Hall–Kier alpha value is -4.17. The van der Waals surface area contributed by atoms with Crippen LogP contribution < -0.4 is 19.1 Å². The van der Waals surface area contributed by atoms with Crippen molar-refractivity contribution in [2.45, 2.75) is 18.2 Å². The van der Waals surface area contributed by atoms with E-state index < -0.39 is 0 Å². The standard InChI is InChI=1S/C30H29N3O4S/c1-5-13-38-22-11-12-23-21(17-22)18-27(31-23)33-29(20-9-7-6-8-10-20)32-24(30(33)34)14-19-15-25(35-2)28(37-4)26(16-19)36-3/h6-12,14-18,31H,5,13H2,1-4H3/b24-14-. The SMILES string of the molecule is CCCSc1ccc2[nH]c(N3C(=O)/C(=C/c4cc(OC)c(OC)c(OC)c4)N=C3c3ccccc3)cc2c1. The van der Waals surface area contributed by atoms with Crippen LogP contribution in [0.5, 0.6) is 17.2 Å². The zero-order chi connectivity index (χ0) is 26.6. The predicted molar refractivity (Wildman–Crippen MR) is 154 cm³/mol. The number of aromatic nitrogens is 1. The Bertz CT molecular complexity index is 1520. The molecule has 4 aromatic rings. The van der Waals surface area contributed by atoms with Crippen molar-refractivity contribution in [2.75, 3.05) is 32.0 Å². The van der Waals surface area contributed by atoms with Crippen LogP contribution in [0.25, 0.3) is 17.0 Å².